The summed E-state index contributed by atoms with van der Waals surface area (Å²) in [5.41, 5.74) is -0.215. The van der Waals surface area contributed by atoms with Crippen LogP contribution in [0.1, 0.15) is 5.56 Å². The molecule has 2 aromatic heterocycles. The number of halogens is 1. The maximum Gasteiger partial charge on any atom is 0.335 e. The molecule has 0 fully saturated rings. The highest BCUT2D eigenvalue weighted by atomic mass is 35.5. The summed E-state index contributed by atoms with van der Waals surface area (Å²) >= 11 is 5.98. The number of benzene rings is 2. The number of hydrogen-bond acceptors (Lipinski definition) is 7. The summed E-state index contributed by atoms with van der Waals surface area (Å²) in [6.45, 7) is -0.344. The molecule has 0 unspecified atom stereocenters. The third-order valence-electron chi connectivity index (χ3n) is 5.24. The van der Waals surface area contributed by atoms with E-state index >= 15 is 0 Å². The minimum atomic E-state index is -0.758. The highest BCUT2D eigenvalue weighted by Gasteiger charge is 2.12. The maximum absolute atomic E-state index is 13.2. The molecule has 0 saturated carbocycles. The predicted molar refractivity (Wildman–Crippen MR) is 136 cm³/mol. The highest BCUT2D eigenvalue weighted by molar-refractivity contribution is 6.30. The number of amides is 1. The van der Waals surface area contributed by atoms with E-state index in [2.05, 4.69) is 20.3 Å². The second kappa shape index (κ2) is 11.4. The Bertz CT molecular complexity index is 1570. The molecule has 0 aliphatic rings. The average molecular weight is 523 g/mol. The quantitative estimate of drug-likeness (QED) is 0.364. The fourth-order valence-electron chi connectivity index (χ4n) is 3.31. The van der Waals surface area contributed by atoms with Crippen LogP contribution in [0, 0.1) is 0 Å². The number of ether oxygens (including phenoxy) is 2. The number of pyridine rings is 1. The van der Waals surface area contributed by atoms with Crippen LogP contribution in [0.2, 0.25) is 5.02 Å². The second-order valence-electron chi connectivity index (χ2n) is 7.75. The Morgan fingerprint density at radius 3 is 2.35 bits per heavy atom. The van der Waals surface area contributed by atoms with Crippen LogP contribution < -0.4 is 31.8 Å². The molecule has 4 aromatic rings. The van der Waals surface area contributed by atoms with E-state index in [1.54, 1.807) is 60.7 Å². The Labute approximate surface area is 215 Å². The number of likely N-dealkylation sites (N-methyl/N-ethyl adjacent to an activating group) is 1. The zero-order valence-corrected chi connectivity index (χ0v) is 20.7. The van der Waals surface area contributed by atoms with Crippen molar-refractivity contribution >= 4 is 23.2 Å². The van der Waals surface area contributed by atoms with E-state index in [1.165, 1.54) is 24.9 Å². The number of nitrogens with zero attached hydrogens (tertiary/aromatic N) is 4. The van der Waals surface area contributed by atoms with Gasteiger partial charge in [0.1, 0.15) is 18.0 Å². The first-order valence-corrected chi connectivity index (χ1v) is 11.5. The Kier molecular flexibility index (Phi) is 7.84. The van der Waals surface area contributed by atoms with Gasteiger partial charge in [0.25, 0.3) is 0 Å². The third kappa shape index (κ3) is 6.33. The summed E-state index contributed by atoms with van der Waals surface area (Å²) in [5, 5.41) is 2.95. The van der Waals surface area contributed by atoms with Crippen molar-refractivity contribution in [2.75, 3.05) is 14.2 Å². The van der Waals surface area contributed by atoms with Crippen LogP contribution in [-0.4, -0.2) is 39.2 Å². The van der Waals surface area contributed by atoms with Gasteiger partial charge in [0, 0.05) is 18.1 Å². The lowest BCUT2D eigenvalue weighted by molar-refractivity contribution is -0.121. The van der Waals surface area contributed by atoms with Gasteiger partial charge in [-0.3, -0.25) is 14.3 Å². The molecular weight excluding hydrogens is 500 g/mol. The number of carbonyl (C=O) groups is 1. The van der Waals surface area contributed by atoms with Gasteiger partial charge in [-0.25, -0.2) is 24.1 Å². The molecule has 0 spiro atoms. The van der Waals surface area contributed by atoms with Crippen LogP contribution in [0.25, 0.3) is 0 Å². The summed E-state index contributed by atoms with van der Waals surface area (Å²) in [6.07, 6.45) is 1.54. The van der Waals surface area contributed by atoms with Gasteiger partial charge in [0.05, 0.1) is 25.5 Å². The lowest BCUT2D eigenvalue weighted by Crippen LogP contribution is -2.51. The summed E-state index contributed by atoms with van der Waals surface area (Å²) in [6, 6.07) is 17.0. The van der Waals surface area contributed by atoms with Crippen molar-refractivity contribution in [2.45, 2.75) is 13.1 Å². The van der Waals surface area contributed by atoms with Gasteiger partial charge in [0.15, 0.2) is 0 Å². The molecule has 12 heteroatoms. The minimum absolute atomic E-state index is 0.0196. The van der Waals surface area contributed by atoms with Crippen molar-refractivity contribution in [1.29, 1.82) is 0 Å². The average Bonchev–Trinajstić information content (AvgIpc) is 2.91. The van der Waals surface area contributed by atoms with Crippen LogP contribution in [-0.2, 0) is 17.9 Å². The number of methoxy groups -OCH3 is 1. The molecule has 0 radical (unpaired) electrons. The van der Waals surface area contributed by atoms with Gasteiger partial charge in [0.2, 0.25) is 17.4 Å². The van der Waals surface area contributed by atoms with E-state index in [0.717, 1.165) is 10.1 Å². The Balaban J connectivity index is 1.70. The molecule has 37 heavy (non-hydrogen) atoms. The first-order chi connectivity index (χ1) is 17.9. The van der Waals surface area contributed by atoms with Gasteiger partial charge in [-0.1, -0.05) is 23.7 Å². The molecule has 190 valence electrons. The summed E-state index contributed by atoms with van der Waals surface area (Å²) in [4.78, 5) is 48.9. The molecule has 2 N–H and O–H groups in total. The van der Waals surface area contributed by atoms with E-state index in [9.17, 15) is 14.4 Å². The van der Waals surface area contributed by atoms with Crippen LogP contribution in [0.4, 0.5) is 5.69 Å². The second-order valence-corrected chi connectivity index (χ2v) is 8.19. The molecule has 11 nitrogen and oxygen atoms in total. The Morgan fingerprint density at radius 2 is 1.73 bits per heavy atom. The largest absolute Gasteiger partial charge is 0.481 e. The fraction of sp³-hybridized carbons (Fsp3) is 0.160. The molecule has 4 rings (SSSR count). The highest BCUT2D eigenvalue weighted by Crippen LogP contribution is 2.24. The van der Waals surface area contributed by atoms with Gasteiger partial charge < -0.3 is 14.8 Å². The zero-order chi connectivity index (χ0) is 26.4. The minimum Gasteiger partial charge on any atom is -0.481 e. The predicted octanol–water partition coefficient (Wildman–Crippen LogP) is 2.21. The van der Waals surface area contributed by atoms with Crippen LogP contribution in [0.3, 0.4) is 0 Å². The summed E-state index contributed by atoms with van der Waals surface area (Å²) in [5.74, 6) is 1.04. The third-order valence-corrected chi connectivity index (χ3v) is 5.49. The van der Waals surface area contributed by atoms with Crippen molar-refractivity contribution in [3.8, 4) is 17.4 Å². The van der Waals surface area contributed by atoms with E-state index in [0.29, 0.717) is 28.1 Å². The SMILES string of the molecule is CNC(=O)Cn1c(=O)[nH]/c(=N\c2ccc(Oc3ccc(OC)nc3)cc2)n(Cc2ccc(Cl)cc2)c1=O. The lowest BCUT2D eigenvalue weighted by atomic mass is 10.2. The van der Waals surface area contributed by atoms with E-state index in [1.807, 2.05) is 0 Å². The maximum atomic E-state index is 13.2. The van der Waals surface area contributed by atoms with Gasteiger partial charge in [-0.2, -0.15) is 0 Å². The van der Waals surface area contributed by atoms with Crippen molar-refractivity contribution < 1.29 is 14.3 Å². The standard InChI is InChI=1S/C25H23ClN6O5/c1-27-21(33)15-32-24(34)30-23(31(25(32)35)14-16-3-5-17(26)6-4-16)29-18-7-9-19(10-8-18)37-20-11-12-22(36-2)28-13-20/h3-13H,14-15H2,1-2H3,(H,27,33)(H,29,30,34). The first kappa shape index (κ1) is 25.5. The van der Waals surface area contributed by atoms with Crippen molar-refractivity contribution in [3.05, 3.63) is 104 Å². The number of nitrogens with one attached hydrogen (secondary N) is 2. The van der Waals surface area contributed by atoms with Crippen LogP contribution in [0.15, 0.2) is 81.4 Å². The number of hydrogen-bond donors (Lipinski definition) is 2. The number of aromatic amines is 1. The van der Waals surface area contributed by atoms with E-state index in [4.69, 9.17) is 21.1 Å². The topological polar surface area (TPSA) is 133 Å². The van der Waals surface area contributed by atoms with Gasteiger partial charge >= 0.3 is 11.4 Å². The van der Waals surface area contributed by atoms with E-state index in [-0.39, 0.29) is 12.2 Å². The Morgan fingerprint density at radius 1 is 1.03 bits per heavy atom. The molecule has 2 aromatic carbocycles. The van der Waals surface area contributed by atoms with Crippen LogP contribution in [0.5, 0.6) is 17.4 Å². The normalized spacial score (nSPS) is 11.3. The van der Waals surface area contributed by atoms with Gasteiger partial charge in [-0.05, 0) is 48.0 Å². The number of H-pyrrole nitrogens is 1. The van der Waals surface area contributed by atoms with Crippen LogP contribution >= 0.6 is 11.6 Å². The zero-order valence-electron chi connectivity index (χ0n) is 20.0. The smallest absolute Gasteiger partial charge is 0.335 e. The summed E-state index contributed by atoms with van der Waals surface area (Å²) in [7, 11) is 2.95. The molecule has 0 atom stereocenters. The lowest BCUT2D eigenvalue weighted by Gasteiger charge is -2.11. The molecule has 2 heterocycles. The van der Waals surface area contributed by atoms with Gasteiger partial charge in [-0.15, -0.1) is 0 Å². The number of rotatable bonds is 8. The number of carbonyl (C=O) groups excluding carboxylic acids is 1. The molecular formula is C25H23ClN6O5. The fourth-order valence-corrected chi connectivity index (χ4v) is 3.44. The molecule has 0 aliphatic heterocycles. The molecule has 0 bridgehead atoms. The Hall–Kier alpha value is -4.64. The van der Waals surface area contributed by atoms with Crippen molar-refractivity contribution in [3.63, 3.8) is 0 Å². The molecule has 1 amide bonds. The van der Waals surface area contributed by atoms with E-state index < -0.39 is 23.8 Å². The number of aromatic nitrogens is 4. The summed E-state index contributed by atoms with van der Waals surface area (Å²) < 4.78 is 12.9. The van der Waals surface area contributed by atoms with Crippen molar-refractivity contribution in [1.82, 2.24) is 24.4 Å². The molecule has 0 saturated heterocycles. The van der Waals surface area contributed by atoms with Crippen molar-refractivity contribution in [2.24, 2.45) is 4.99 Å². The molecule has 0 aliphatic carbocycles. The monoisotopic (exact) mass is 522 g/mol. The first-order valence-electron chi connectivity index (χ1n) is 11.1.